The Hall–Kier alpha value is -2.51. The molecule has 6 nitrogen and oxygen atoms in total. The van der Waals surface area contributed by atoms with Crippen LogP contribution in [0.15, 0.2) is 47.4 Å². The molecule has 166 valence electrons. The molecule has 0 aliphatic heterocycles. The highest BCUT2D eigenvalue weighted by molar-refractivity contribution is 7.89. The molecule has 0 spiro atoms. The first-order valence-corrected chi connectivity index (χ1v) is 12.3. The molecule has 0 atom stereocenters. The Bertz CT molecular complexity index is 1040. The van der Waals surface area contributed by atoms with Crippen molar-refractivity contribution in [2.45, 2.75) is 57.3 Å². The van der Waals surface area contributed by atoms with E-state index in [0.29, 0.717) is 17.8 Å². The fraction of sp³-hybridized carbons (Fsp3) is 0.417. The summed E-state index contributed by atoms with van der Waals surface area (Å²) in [6, 6.07) is 11.9. The first kappa shape index (κ1) is 23.2. The van der Waals surface area contributed by atoms with Gasteiger partial charge in [-0.25, -0.2) is 13.1 Å². The van der Waals surface area contributed by atoms with Crippen LogP contribution in [0.2, 0.25) is 0 Å². The van der Waals surface area contributed by atoms with Gasteiger partial charge >= 0.3 is 0 Å². The van der Waals surface area contributed by atoms with Gasteiger partial charge in [0, 0.05) is 30.6 Å². The van der Waals surface area contributed by atoms with E-state index in [1.165, 1.54) is 29.7 Å². The van der Waals surface area contributed by atoms with Crippen molar-refractivity contribution in [1.82, 2.24) is 4.72 Å². The summed E-state index contributed by atoms with van der Waals surface area (Å²) in [5.74, 6) is -0.113. The minimum Gasteiger partial charge on any atom is -0.326 e. The molecule has 0 unspecified atom stereocenters. The van der Waals surface area contributed by atoms with Crippen molar-refractivity contribution in [3.8, 4) is 0 Å². The van der Waals surface area contributed by atoms with E-state index < -0.39 is 10.0 Å². The molecule has 0 aromatic heterocycles. The van der Waals surface area contributed by atoms with Gasteiger partial charge in [0.25, 0.3) is 0 Å². The Morgan fingerprint density at radius 1 is 0.935 bits per heavy atom. The van der Waals surface area contributed by atoms with Crippen molar-refractivity contribution < 1.29 is 18.0 Å². The van der Waals surface area contributed by atoms with E-state index in [1.807, 2.05) is 32.0 Å². The number of carbonyl (C=O) groups excluding carboxylic acids is 2. The summed E-state index contributed by atoms with van der Waals surface area (Å²) in [7, 11) is -3.57. The highest BCUT2D eigenvalue weighted by Crippen LogP contribution is 2.23. The molecule has 0 saturated carbocycles. The molecule has 0 fully saturated rings. The van der Waals surface area contributed by atoms with Crippen molar-refractivity contribution in [1.29, 1.82) is 0 Å². The number of hydrogen-bond acceptors (Lipinski definition) is 4. The summed E-state index contributed by atoms with van der Waals surface area (Å²) in [6.07, 6.45) is 4.64. The highest BCUT2D eigenvalue weighted by atomic mass is 32.2. The third-order valence-electron chi connectivity index (χ3n) is 5.38. The molecule has 2 aromatic carbocycles. The fourth-order valence-corrected chi connectivity index (χ4v) is 4.79. The number of ketones is 1. The lowest BCUT2D eigenvalue weighted by atomic mass is 9.89. The van der Waals surface area contributed by atoms with Crippen molar-refractivity contribution >= 4 is 27.4 Å². The molecule has 0 heterocycles. The maximum absolute atomic E-state index is 12.5. The quantitative estimate of drug-likeness (QED) is 0.572. The van der Waals surface area contributed by atoms with Crippen molar-refractivity contribution in [3.05, 3.63) is 59.2 Å². The average Bonchev–Trinajstić information content (AvgIpc) is 2.76. The number of benzene rings is 2. The number of fused-ring (bicyclic) bond motifs is 1. The summed E-state index contributed by atoms with van der Waals surface area (Å²) in [5.41, 5.74) is 3.73. The number of hydrogen-bond donors (Lipinski definition) is 2. The lowest BCUT2D eigenvalue weighted by Gasteiger charge is -2.16. The summed E-state index contributed by atoms with van der Waals surface area (Å²) < 4.78 is 27.0. The Morgan fingerprint density at radius 2 is 1.61 bits per heavy atom. The third-order valence-corrected chi connectivity index (χ3v) is 6.82. The summed E-state index contributed by atoms with van der Waals surface area (Å²) in [6.45, 7) is 4.22. The molecule has 2 N–H and O–H groups in total. The molecule has 1 aliphatic rings. The Labute approximate surface area is 184 Å². The van der Waals surface area contributed by atoms with Crippen LogP contribution in [0, 0.1) is 5.92 Å². The predicted molar refractivity (Wildman–Crippen MR) is 122 cm³/mol. The van der Waals surface area contributed by atoms with Gasteiger partial charge < -0.3 is 5.32 Å². The van der Waals surface area contributed by atoms with Crippen LogP contribution in [0.3, 0.4) is 0 Å². The lowest BCUT2D eigenvalue weighted by Crippen LogP contribution is -2.27. The van der Waals surface area contributed by atoms with Gasteiger partial charge in [0.1, 0.15) is 0 Å². The monoisotopic (exact) mass is 442 g/mol. The smallest absolute Gasteiger partial charge is 0.240 e. The van der Waals surface area contributed by atoms with E-state index in [9.17, 15) is 18.0 Å². The van der Waals surface area contributed by atoms with Gasteiger partial charge in [0.05, 0.1) is 4.90 Å². The van der Waals surface area contributed by atoms with Gasteiger partial charge in [-0.1, -0.05) is 26.0 Å². The van der Waals surface area contributed by atoms with Crippen LogP contribution in [0.1, 0.15) is 61.0 Å². The van der Waals surface area contributed by atoms with Crippen LogP contribution < -0.4 is 10.0 Å². The number of Topliss-reactive ketones (excluding diaryl/α,β-unsaturated/α-hetero) is 1. The van der Waals surface area contributed by atoms with Crippen LogP contribution >= 0.6 is 0 Å². The minimum atomic E-state index is -3.57. The van der Waals surface area contributed by atoms with E-state index in [2.05, 4.69) is 10.0 Å². The third kappa shape index (κ3) is 6.48. The van der Waals surface area contributed by atoms with Crippen LogP contribution in [0.4, 0.5) is 5.69 Å². The molecular formula is C24H30N2O4S. The number of aryl methyl sites for hydroxylation is 2. The van der Waals surface area contributed by atoms with E-state index in [-0.39, 0.29) is 35.3 Å². The molecule has 31 heavy (non-hydrogen) atoms. The molecule has 3 rings (SSSR count). The van der Waals surface area contributed by atoms with E-state index >= 15 is 0 Å². The molecule has 0 radical (unpaired) electrons. The Balaban J connectivity index is 1.52. The molecule has 1 aliphatic carbocycles. The first-order valence-electron chi connectivity index (χ1n) is 10.8. The summed E-state index contributed by atoms with van der Waals surface area (Å²) in [4.78, 5) is 24.9. The van der Waals surface area contributed by atoms with Crippen LogP contribution in [-0.2, 0) is 27.7 Å². The molecule has 7 heteroatoms. The first-order chi connectivity index (χ1) is 14.7. The van der Waals surface area contributed by atoms with Gasteiger partial charge in [-0.2, -0.15) is 0 Å². The van der Waals surface area contributed by atoms with Crippen molar-refractivity contribution in [2.75, 3.05) is 11.9 Å². The number of amides is 1. The lowest BCUT2D eigenvalue weighted by molar-refractivity contribution is -0.116. The highest BCUT2D eigenvalue weighted by Gasteiger charge is 2.16. The Kier molecular flexibility index (Phi) is 7.62. The summed E-state index contributed by atoms with van der Waals surface area (Å²) >= 11 is 0. The largest absolute Gasteiger partial charge is 0.326 e. The molecule has 0 bridgehead atoms. The molecule has 1 amide bonds. The van der Waals surface area contributed by atoms with Gasteiger partial charge in [-0.15, -0.1) is 0 Å². The van der Waals surface area contributed by atoms with Gasteiger partial charge in [0.15, 0.2) is 5.78 Å². The normalized spacial score (nSPS) is 13.6. The van der Waals surface area contributed by atoms with Gasteiger partial charge in [-0.05, 0) is 73.1 Å². The van der Waals surface area contributed by atoms with Crippen molar-refractivity contribution in [2.24, 2.45) is 5.92 Å². The van der Waals surface area contributed by atoms with E-state index in [0.717, 1.165) is 19.3 Å². The number of anilines is 1. The SMILES string of the molecule is CC(C)CNS(=O)(=O)c1ccc(NC(=O)CCC(=O)c2ccc3c(c2)CCCC3)cc1. The topological polar surface area (TPSA) is 92.3 Å². The van der Waals surface area contributed by atoms with Crippen LogP contribution in [0.5, 0.6) is 0 Å². The number of sulfonamides is 1. The van der Waals surface area contributed by atoms with Crippen molar-refractivity contribution in [3.63, 3.8) is 0 Å². The predicted octanol–water partition coefficient (Wildman–Crippen LogP) is 4.10. The summed E-state index contributed by atoms with van der Waals surface area (Å²) in [5, 5.41) is 2.72. The number of nitrogens with one attached hydrogen (secondary N) is 2. The van der Waals surface area contributed by atoms with Crippen LogP contribution in [-0.4, -0.2) is 26.7 Å². The zero-order valence-electron chi connectivity index (χ0n) is 18.1. The van der Waals surface area contributed by atoms with E-state index in [1.54, 1.807) is 12.1 Å². The number of carbonyl (C=O) groups is 2. The number of rotatable bonds is 9. The molecule has 2 aromatic rings. The molecular weight excluding hydrogens is 412 g/mol. The minimum absolute atomic E-state index is 0.0406. The van der Waals surface area contributed by atoms with Crippen LogP contribution in [0.25, 0.3) is 0 Å². The van der Waals surface area contributed by atoms with E-state index in [4.69, 9.17) is 0 Å². The zero-order chi connectivity index (χ0) is 22.4. The van der Waals surface area contributed by atoms with Gasteiger partial charge in [0.2, 0.25) is 15.9 Å². The second kappa shape index (κ2) is 10.2. The Morgan fingerprint density at radius 3 is 2.29 bits per heavy atom. The van der Waals surface area contributed by atoms with Gasteiger partial charge in [-0.3, -0.25) is 9.59 Å². The average molecular weight is 443 g/mol. The fourth-order valence-electron chi connectivity index (χ4n) is 3.58. The standard InChI is InChI=1S/C24H30N2O4S/c1-17(2)16-25-31(29,30)22-11-9-21(10-12-22)26-24(28)14-13-23(27)20-8-7-18-5-3-4-6-19(18)15-20/h7-12,15,17,25H,3-6,13-14,16H2,1-2H3,(H,26,28). The zero-order valence-corrected chi connectivity index (χ0v) is 18.9. The second-order valence-electron chi connectivity index (χ2n) is 8.43. The maximum atomic E-state index is 12.5. The molecule has 0 saturated heterocycles. The maximum Gasteiger partial charge on any atom is 0.240 e. The second-order valence-corrected chi connectivity index (χ2v) is 10.2.